The summed E-state index contributed by atoms with van der Waals surface area (Å²) < 4.78 is 9.78. The van der Waals surface area contributed by atoms with Crippen LogP contribution in [0.5, 0.6) is 0 Å². The Kier molecular flexibility index (Phi) is 6.16. The second-order valence-electron chi connectivity index (χ2n) is 6.48. The number of carbonyl (C=O) groups is 3. The molecule has 1 amide bonds. The van der Waals surface area contributed by atoms with Crippen LogP contribution in [0.1, 0.15) is 23.1 Å². The van der Waals surface area contributed by atoms with Gasteiger partial charge in [0.05, 0.1) is 13.5 Å². The molecule has 1 aliphatic carbocycles. The van der Waals surface area contributed by atoms with Crippen LogP contribution in [0.4, 0.5) is 4.79 Å². The van der Waals surface area contributed by atoms with E-state index in [1.165, 1.54) is 11.1 Å². The molecule has 148 valence electrons. The largest absolute Gasteiger partial charge is 0.469 e. The second-order valence-corrected chi connectivity index (χ2v) is 6.48. The van der Waals surface area contributed by atoms with Crippen molar-refractivity contribution in [3.63, 3.8) is 0 Å². The van der Waals surface area contributed by atoms with E-state index in [1.807, 2.05) is 30.3 Å². The first-order chi connectivity index (χ1) is 14.0. The fourth-order valence-corrected chi connectivity index (χ4v) is 3.31. The van der Waals surface area contributed by atoms with Gasteiger partial charge in [-0.1, -0.05) is 42.5 Å². The van der Waals surface area contributed by atoms with Gasteiger partial charge in [0, 0.05) is 0 Å². The van der Waals surface area contributed by atoms with E-state index in [-0.39, 0.29) is 6.61 Å². The molecule has 1 unspecified atom stereocenters. The molecule has 8 nitrogen and oxygen atoms in total. The minimum atomic E-state index is -1.25. The van der Waals surface area contributed by atoms with Gasteiger partial charge < -0.3 is 20.3 Å². The van der Waals surface area contributed by atoms with Crippen LogP contribution in [-0.2, 0) is 32.1 Å². The van der Waals surface area contributed by atoms with Gasteiger partial charge in [-0.25, -0.2) is 4.79 Å². The highest BCUT2D eigenvalue weighted by Gasteiger charge is 2.27. The summed E-state index contributed by atoms with van der Waals surface area (Å²) in [6.07, 6.45) is 0.0804. The highest BCUT2D eigenvalue weighted by atomic mass is 16.5. The van der Waals surface area contributed by atoms with E-state index in [0.29, 0.717) is 6.21 Å². The Bertz CT molecular complexity index is 1010. The Morgan fingerprint density at radius 2 is 1.93 bits per heavy atom. The van der Waals surface area contributed by atoms with Crippen LogP contribution in [-0.4, -0.2) is 42.0 Å². The molecule has 2 aromatic rings. The van der Waals surface area contributed by atoms with Crippen molar-refractivity contribution in [2.45, 2.75) is 25.5 Å². The number of ketones is 1. The average molecular weight is 393 g/mol. The van der Waals surface area contributed by atoms with Gasteiger partial charge in [0.25, 0.3) is 5.78 Å². The molecule has 0 bridgehead atoms. The predicted octanol–water partition coefficient (Wildman–Crippen LogP) is 2.29. The highest BCUT2D eigenvalue weighted by molar-refractivity contribution is 6.28. The van der Waals surface area contributed by atoms with Crippen molar-refractivity contribution >= 4 is 24.1 Å². The van der Waals surface area contributed by atoms with Gasteiger partial charge in [0.15, 0.2) is 0 Å². The first-order valence-electron chi connectivity index (χ1n) is 8.94. The van der Waals surface area contributed by atoms with Crippen molar-refractivity contribution < 1.29 is 28.6 Å². The van der Waals surface area contributed by atoms with Crippen molar-refractivity contribution in [3.05, 3.63) is 64.7 Å². The molecule has 0 spiro atoms. The number of methoxy groups -OCH3 is 1. The number of nitrogens with one attached hydrogen (secondary N) is 1. The first-order valence-corrected chi connectivity index (χ1v) is 8.94. The molecular weight excluding hydrogens is 374 g/mol. The molecule has 1 N–H and O–H groups in total. The summed E-state index contributed by atoms with van der Waals surface area (Å²) >= 11 is 0. The highest BCUT2D eigenvalue weighted by Crippen LogP contribution is 2.38. The Balaban J connectivity index is 1.67. The number of fused-ring (bicyclic) bond motifs is 3. The Morgan fingerprint density at radius 1 is 1.17 bits per heavy atom. The summed E-state index contributed by atoms with van der Waals surface area (Å²) in [6.45, 7) is 0.0101. The van der Waals surface area contributed by atoms with Crippen molar-refractivity contribution in [2.75, 3.05) is 7.11 Å². The Hall–Kier alpha value is -3.77. The monoisotopic (exact) mass is 393 g/mol. The minimum Gasteiger partial charge on any atom is -0.469 e. The molecule has 0 aromatic heterocycles. The van der Waals surface area contributed by atoms with E-state index >= 15 is 0 Å². The first kappa shape index (κ1) is 20.0. The topological polar surface area (TPSA) is 118 Å². The van der Waals surface area contributed by atoms with E-state index in [9.17, 15) is 14.4 Å². The van der Waals surface area contributed by atoms with Crippen molar-refractivity contribution in [1.82, 2.24) is 5.32 Å². The maximum Gasteiger partial charge on any atom is 0.408 e. The van der Waals surface area contributed by atoms with Crippen LogP contribution in [0.15, 0.2) is 42.5 Å². The Morgan fingerprint density at radius 3 is 2.69 bits per heavy atom. The molecule has 0 saturated heterocycles. The van der Waals surface area contributed by atoms with Crippen LogP contribution in [0, 0.1) is 0 Å². The third-order valence-corrected chi connectivity index (χ3v) is 4.73. The number of ether oxygens (including phenoxy) is 2. The quantitative estimate of drug-likeness (QED) is 0.286. The lowest BCUT2D eigenvalue weighted by Crippen LogP contribution is -2.43. The zero-order chi connectivity index (χ0) is 20.8. The number of esters is 1. The SMILES string of the molecule is COC(=O)CC(NC(=O)OCc1cccc2c1Cc1ccccc1-2)C(=O)C=[N+]=[N-]. The van der Waals surface area contributed by atoms with Gasteiger partial charge in [-0.15, -0.1) is 0 Å². The van der Waals surface area contributed by atoms with Crippen LogP contribution in [0.2, 0.25) is 0 Å². The van der Waals surface area contributed by atoms with Gasteiger partial charge in [0.1, 0.15) is 12.6 Å². The number of rotatable bonds is 7. The Labute approximate surface area is 167 Å². The molecule has 3 rings (SSSR count). The normalized spacial score (nSPS) is 12.0. The third-order valence-electron chi connectivity index (χ3n) is 4.73. The molecule has 0 heterocycles. The van der Waals surface area contributed by atoms with Crippen molar-refractivity contribution in [2.24, 2.45) is 0 Å². The van der Waals surface area contributed by atoms with Gasteiger partial charge in [-0.05, 0) is 34.2 Å². The second kappa shape index (κ2) is 8.95. The summed E-state index contributed by atoms with van der Waals surface area (Å²) in [6, 6.07) is 12.7. The summed E-state index contributed by atoms with van der Waals surface area (Å²) in [5, 5.41) is 2.31. The molecular formula is C21H19N3O5. The van der Waals surface area contributed by atoms with E-state index in [0.717, 1.165) is 30.2 Å². The molecule has 29 heavy (non-hydrogen) atoms. The van der Waals surface area contributed by atoms with Crippen LogP contribution in [0.25, 0.3) is 16.7 Å². The maximum absolute atomic E-state index is 12.2. The molecule has 1 aliphatic rings. The lowest BCUT2D eigenvalue weighted by molar-refractivity contribution is -0.142. The number of amides is 1. The van der Waals surface area contributed by atoms with E-state index < -0.39 is 30.3 Å². The zero-order valence-electron chi connectivity index (χ0n) is 15.8. The maximum atomic E-state index is 12.2. The number of nitrogens with zero attached hydrogens (tertiary/aromatic N) is 2. The van der Waals surface area contributed by atoms with E-state index in [1.54, 1.807) is 0 Å². The van der Waals surface area contributed by atoms with Crippen molar-refractivity contribution in [1.29, 1.82) is 0 Å². The number of hydrogen-bond acceptors (Lipinski definition) is 5. The number of carbonyl (C=O) groups excluding carboxylic acids is 3. The predicted molar refractivity (Wildman–Crippen MR) is 103 cm³/mol. The molecule has 0 radical (unpaired) electrons. The van der Waals surface area contributed by atoms with Gasteiger partial charge in [-0.2, -0.15) is 4.79 Å². The molecule has 0 saturated carbocycles. The lowest BCUT2D eigenvalue weighted by atomic mass is 10.0. The van der Waals surface area contributed by atoms with Crippen LogP contribution in [0.3, 0.4) is 0 Å². The molecule has 2 aromatic carbocycles. The number of hydrogen-bond donors (Lipinski definition) is 1. The van der Waals surface area contributed by atoms with E-state index in [4.69, 9.17) is 10.3 Å². The fraction of sp³-hybridized carbons (Fsp3) is 0.238. The van der Waals surface area contributed by atoms with E-state index in [2.05, 4.69) is 27.0 Å². The van der Waals surface area contributed by atoms with Gasteiger partial charge >= 0.3 is 18.3 Å². The lowest BCUT2D eigenvalue weighted by Gasteiger charge is -2.14. The third kappa shape index (κ3) is 4.56. The molecule has 8 heteroatoms. The van der Waals surface area contributed by atoms with Crippen molar-refractivity contribution in [3.8, 4) is 11.1 Å². The summed E-state index contributed by atoms with van der Waals surface area (Å²) in [7, 11) is 1.16. The number of benzene rings is 2. The van der Waals surface area contributed by atoms with Crippen LogP contribution >= 0.6 is 0 Å². The van der Waals surface area contributed by atoms with Gasteiger partial charge in [0.2, 0.25) is 0 Å². The zero-order valence-corrected chi connectivity index (χ0v) is 15.8. The molecule has 1 atom stereocenters. The fourth-order valence-electron chi connectivity index (χ4n) is 3.31. The average Bonchev–Trinajstić information content (AvgIpc) is 3.11. The molecule has 0 aliphatic heterocycles. The van der Waals surface area contributed by atoms with Gasteiger partial charge in [-0.3, -0.25) is 9.59 Å². The number of Topliss-reactive ketones (excluding diaryl/α,β-unsaturated/α-hetero) is 1. The smallest absolute Gasteiger partial charge is 0.408 e. The number of alkyl carbamates (subject to hydrolysis) is 1. The minimum absolute atomic E-state index is 0.0101. The summed E-state index contributed by atoms with van der Waals surface area (Å²) in [5.74, 6) is -1.46. The van der Waals surface area contributed by atoms with Crippen LogP contribution < -0.4 is 5.32 Å². The standard InChI is InChI=1S/C21H19N3O5/c1-28-20(26)10-18(19(25)11-23-22)24-21(27)29-12-14-6-4-8-16-15-7-3-2-5-13(15)9-17(14)16/h2-8,11,18H,9-10,12H2,1H3,(H,24,27). The summed E-state index contributed by atoms with van der Waals surface area (Å²) in [4.78, 5) is 38.2. The summed E-state index contributed by atoms with van der Waals surface area (Å²) in [5.41, 5.74) is 14.0. The molecule has 0 fully saturated rings.